The Balaban J connectivity index is 2.87. The molecule has 0 fully saturated rings. The molecule has 0 aromatic heterocycles. The summed E-state index contributed by atoms with van der Waals surface area (Å²) in [5.41, 5.74) is 5.55. The SMILES string of the molecule is CC(N)(NS(=O)O)c1ccccc1. The minimum absolute atomic E-state index is 0.761. The van der Waals surface area contributed by atoms with Gasteiger partial charge in [0.2, 0.25) is 11.3 Å². The van der Waals surface area contributed by atoms with Crippen molar-refractivity contribution in [2.75, 3.05) is 0 Å². The molecule has 0 radical (unpaired) electrons. The number of benzene rings is 1. The summed E-state index contributed by atoms with van der Waals surface area (Å²) >= 11 is -2.11. The molecule has 0 saturated carbocycles. The molecule has 2 unspecified atom stereocenters. The minimum Gasteiger partial charge on any atom is -0.309 e. The van der Waals surface area contributed by atoms with Gasteiger partial charge in [-0.05, 0) is 12.5 Å². The van der Waals surface area contributed by atoms with Crippen LogP contribution in [0.4, 0.5) is 0 Å². The second-order valence-electron chi connectivity index (χ2n) is 2.92. The second kappa shape index (κ2) is 3.97. The Morgan fingerprint density at radius 2 is 2.00 bits per heavy atom. The van der Waals surface area contributed by atoms with E-state index in [0.717, 1.165) is 5.56 Å². The van der Waals surface area contributed by atoms with Gasteiger partial charge in [0, 0.05) is 0 Å². The third-order valence-electron chi connectivity index (χ3n) is 1.67. The van der Waals surface area contributed by atoms with Gasteiger partial charge in [0.1, 0.15) is 5.66 Å². The molecule has 4 nitrogen and oxygen atoms in total. The van der Waals surface area contributed by atoms with E-state index in [9.17, 15) is 4.21 Å². The molecular weight excluding hydrogens is 188 g/mol. The summed E-state index contributed by atoms with van der Waals surface area (Å²) in [6.45, 7) is 1.64. The van der Waals surface area contributed by atoms with E-state index in [-0.39, 0.29) is 0 Å². The van der Waals surface area contributed by atoms with E-state index in [1.165, 1.54) is 0 Å². The van der Waals surface area contributed by atoms with Crippen LogP contribution in [0.3, 0.4) is 0 Å². The third-order valence-corrected chi connectivity index (χ3v) is 2.27. The smallest absolute Gasteiger partial charge is 0.233 e. The second-order valence-corrected chi connectivity index (χ2v) is 3.62. The van der Waals surface area contributed by atoms with Crippen LogP contribution in [0.25, 0.3) is 0 Å². The molecule has 1 aromatic rings. The van der Waals surface area contributed by atoms with Crippen molar-refractivity contribution in [1.29, 1.82) is 0 Å². The summed E-state index contributed by atoms with van der Waals surface area (Å²) in [5, 5.41) is 0. The van der Waals surface area contributed by atoms with E-state index >= 15 is 0 Å². The Labute approximate surface area is 79.6 Å². The first-order valence-corrected chi connectivity index (χ1v) is 4.86. The van der Waals surface area contributed by atoms with Gasteiger partial charge >= 0.3 is 0 Å². The highest BCUT2D eigenvalue weighted by molar-refractivity contribution is 7.77. The molecule has 0 aliphatic rings. The first-order chi connectivity index (χ1) is 6.02. The summed E-state index contributed by atoms with van der Waals surface area (Å²) in [7, 11) is 0. The minimum atomic E-state index is -2.11. The quantitative estimate of drug-likeness (QED) is 0.492. The van der Waals surface area contributed by atoms with Gasteiger partial charge in [-0.15, -0.1) is 0 Å². The zero-order valence-electron chi connectivity index (χ0n) is 7.23. The Bertz CT molecular complexity index is 300. The summed E-state index contributed by atoms with van der Waals surface area (Å²) in [6, 6.07) is 9.08. The van der Waals surface area contributed by atoms with E-state index < -0.39 is 16.9 Å². The number of nitrogens with one attached hydrogen (secondary N) is 1. The normalized spacial score (nSPS) is 17.8. The summed E-state index contributed by atoms with van der Waals surface area (Å²) in [4.78, 5) is 0. The van der Waals surface area contributed by atoms with E-state index in [2.05, 4.69) is 4.72 Å². The molecule has 1 rings (SSSR count). The van der Waals surface area contributed by atoms with Crippen LogP contribution in [0.2, 0.25) is 0 Å². The number of hydrogen-bond donors (Lipinski definition) is 3. The van der Waals surface area contributed by atoms with E-state index in [0.29, 0.717) is 0 Å². The van der Waals surface area contributed by atoms with Crippen molar-refractivity contribution in [1.82, 2.24) is 4.72 Å². The lowest BCUT2D eigenvalue weighted by Gasteiger charge is -2.24. The first kappa shape index (κ1) is 10.3. The molecule has 5 heteroatoms. The van der Waals surface area contributed by atoms with Crippen LogP contribution in [-0.4, -0.2) is 8.76 Å². The highest BCUT2D eigenvalue weighted by Crippen LogP contribution is 2.13. The number of hydrogen-bond acceptors (Lipinski definition) is 2. The summed E-state index contributed by atoms with van der Waals surface area (Å²) < 4.78 is 21.5. The molecular formula is C8H12N2O2S. The van der Waals surface area contributed by atoms with Gasteiger partial charge in [-0.25, -0.2) is 4.21 Å². The topological polar surface area (TPSA) is 75.3 Å². The third kappa shape index (κ3) is 2.89. The maximum absolute atomic E-state index is 10.5. The van der Waals surface area contributed by atoms with Gasteiger partial charge < -0.3 is 5.73 Å². The van der Waals surface area contributed by atoms with Crippen LogP contribution in [0.15, 0.2) is 30.3 Å². The number of rotatable bonds is 3. The van der Waals surface area contributed by atoms with Crippen molar-refractivity contribution >= 4 is 11.3 Å². The maximum Gasteiger partial charge on any atom is 0.233 e. The van der Waals surface area contributed by atoms with Gasteiger partial charge in [-0.2, -0.15) is 4.72 Å². The molecule has 0 bridgehead atoms. The van der Waals surface area contributed by atoms with Crippen molar-refractivity contribution in [2.24, 2.45) is 5.73 Å². The average molecular weight is 200 g/mol. The van der Waals surface area contributed by atoms with Crippen molar-refractivity contribution < 1.29 is 8.76 Å². The number of nitrogens with two attached hydrogens (primary N) is 1. The molecule has 2 atom stereocenters. The van der Waals surface area contributed by atoms with Crippen molar-refractivity contribution in [3.05, 3.63) is 35.9 Å². The molecule has 0 saturated heterocycles. The molecule has 0 amide bonds. The monoisotopic (exact) mass is 200 g/mol. The summed E-state index contributed by atoms with van der Waals surface area (Å²) in [5.74, 6) is 0. The van der Waals surface area contributed by atoms with Crippen LogP contribution in [0.5, 0.6) is 0 Å². The van der Waals surface area contributed by atoms with E-state index in [4.69, 9.17) is 10.3 Å². The Kier molecular flexibility index (Phi) is 3.16. The average Bonchev–Trinajstić information content (AvgIpc) is 2.04. The Morgan fingerprint density at radius 1 is 1.46 bits per heavy atom. The Morgan fingerprint density at radius 3 is 2.46 bits per heavy atom. The van der Waals surface area contributed by atoms with Crippen LogP contribution in [-0.2, 0) is 16.9 Å². The predicted octanol–water partition coefficient (Wildman–Crippen LogP) is 0.544. The van der Waals surface area contributed by atoms with Crippen LogP contribution in [0, 0.1) is 0 Å². The molecule has 0 spiro atoms. The van der Waals surface area contributed by atoms with Gasteiger partial charge in [-0.3, -0.25) is 4.55 Å². The molecule has 4 N–H and O–H groups in total. The van der Waals surface area contributed by atoms with Crippen molar-refractivity contribution in [2.45, 2.75) is 12.6 Å². The van der Waals surface area contributed by atoms with E-state index in [1.807, 2.05) is 18.2 Å². The van der Waals surface area contributed by atoms with Gasteiger partial charge in [0.25, 0.3) is 0 Å². The maximum atomic E-state index is 10.5. The van der Waals surface area contributed by atoms with Crippen molar-refractivity contribution in [3.63, 3.8) is 0 Å². The molecule has 0 heterocycles. The zero-order valence-corrected chi connectivity index (χ0v) is 8.04. The molecule has 0 aliphatic carbocycles. The molecule has 13 heavy (non-hydrogen) atoms. The lowest BCUT2D eigenvalue weighted by atomic mass is 10.0. The van der Waals surface area contributed by atoms with Crippen LogP contribution >= 0.6 is 0 Å². The molecule has 1 aromatic carbocycles. The largest absolute Gasteiger partial charge is 0.309 e. The fourth-order valence-electron chi connectivity index (χ4n) is 1.02. The zero-order chi connectivity index (χ0) is 9.90. The molecule has 72 valence electrons. The highest BCUT2D eigenvalue weighted by Gasteiger charge is 2.21. The molecule has 0 aliphatic heterocycles. The van der Waals surface area contributed by atoms with Gasteiger partial charge in [0.15, 0.2) is 0 Å². The standard InChI is InChI=1S/C8H12N2O2S/c1-8(9,10-13(11)12)7-5-3-2-4-6-7/h2-6,10H,9H2,1H3,(H,11,12). The predicted molar refractivity (Wildman–Crippen MR) is 51.9 cm³/mol. The van der Waals surface area contributed by atoms with Gasteiger partial charge in [-0.1, -0.05) is 30.3 Å². The van der Waals surface area contributed by atoms with Gasteiger partial charge in [0.05, 0.1) is 0 Å². The lowest BCUT2D eigenvalue weighted by molar-refractivity contribution is 0.438. The first-order valence-electron chi connectivity index (χ1n) is 3.75. The van der Waals surface area contributed by atoms with Crippen LogP contribution in [0.1, 0.15) is 12.5 Å². The summed E-state index contributed by atoms with van der Waals surface area (Å²) in [6.07, 6.45) is 0. The Hall–Kier alpha value is -0.750. The lowest BCUT2D eigenvalue weighted by Crippen LogP contribution is -2.48. The highest BCUT2D eigenvalue weighted by atomic mass is 32.2. The fraction of sp³-hybridized carbons (Fsp3) is 0.250. The van der Waals surface area contributed by atoms with E-state index in [1.54, 1.807) is 19.1 Å². The van der Waals surface area contributed by atoms with Crippen molar-refractivity contribution in [3.8, 4) is 0 Å². The van der Waals surface area contributed by atoms with Crippen LogP contribution < -0.4 is 10.5 Å². The fourth-order valence-corrected chi connectivity index (χ4v) is 1.51.